The number of para-hydroxylation sites is 1. The van der Waals surface area contributed by atoms with Gasteiger partial charge in [0, 0.05) is 49.4 Å². The molecule has 0 aliphatic carbocycles. The number of carbonyl (C=O) groups is 1. The number of rotatable bonds is 6. The van der Waals surface area contributed by atoms with Gasteiger partial charge in [0.2, 0.25) is 5.88 Å². The van der Waals surface area contributed by atoms with E-state index in [1.54, 1.807) is 55.1 Å². The minimum atomic E-state index is -0.0561. The summed E-state index contributed by atoms with van der Waals surface area (Å²) in [5.74, 6) is 1.71. The van der Waals surface area contributed by atoms with E-state index in [0.29, 0.717) is 30.3 Å². The smallest absolute Gasteiger partial charge is 0.321 e. The van der Waals surface area contributed by atoms with Crippen molar-refractivity contribution < 1.29 is 14.3 Å². The van der Waals surface area contributed by atoms with E-state index in [9.17, 15) is 4.79 Å². The Hall–Kier alpha value is -4.33. The minimum absolute atomic E-state index is 0.0255. The van der Waals surface area contributed by atoms with Crippen LogP contribution in [0.25, 0.3) is 0 Å². The van der Waals surface area contributed by atoms with Gasteiger partial charge in [-0.15, -0.1) is 0 Å². The van der Waals surface area contributed by atoms with Gasteiger partial charge in [0.1, 0.15) is 17.2 Å². The molecule has 1 amide bonds. The van der Waals surface area contributed by atoms with Crippen LogP contribution < -0.4 is 9.47 Å². The Bertz CT molecular complexity index is 1310. The van der Waals surface area contributed by atoms with E-state index in [1.807, 2.05) is 36.1 Å². The SMILES string of the molecule is Cc1ccccc1Oc1nccnc1[C@H]1CCCN(C(=O)c2cccc(Oc3ncccn3)c2)C1. The van der Waals surface area contributed by atoms with Crippen molar-refractivity contribution in [2.24, 2.45) is 0 Å². The first-order valence-electron chi connectivity index (χ1n) is 11.6. The quantitative estimate of drug-likeness (QED) is 0.386. The van der Waals surface area contributed by atoms with Crippen molar-refractivity contribution in [1.82, 2.24) is 24.8 Å². The fourth-order valence-corrected chi connectivity index (χ4v) is 4.17. The van der Waals surface area contributed by atoms with Gasteiger partial charge in [0.05, 0.1) is 0 Å². The number of amides is 1. The molecule has 0 N–H and O–H groups in total. The molecule has 1 aliphatic rings. The molecule has 8 nitrogen and oxygen atoms in total. The molecule has 35 heavy (non-hydrogen) atoms. The molecule has 176 valence electrons. The topological polar surface area (TPSA) is 90.3 Å². The minimum Gasteiger partial charge on any atom is -0.437 e. The Balaban J connectivity index is 1.32. The molecule has 0 radical (unpaired) electrons. The molecule has 1 aliphatic heterocycles. The van der Waals surface area contributed by atoms with Crippen molar-refractivity contribution in [3.05, 3.63) is 96.2 Å². The molecule has 0 unspecified atom stereocenters. The van der Waals surface area contributed by atoms with E-state index in [1.165, 1.54) is 0 Å². The summed E-state index contributed by atoms with van der Waals surface area (Å²) < 4.78 is 11.8. The third kappa shape index (κ3) is 5.27. The zero-order valence-electron chi connectivity index (χ0n) is 19.4. The number of carbonyl (C=O) groups excluding carboxylic acids is 1. The summed E-state index contributed by atoms with van der Waals surface area (Å²) in [6.07, 6.45) is 8.29. The summed E-state index contributed by atoms with van der Waals surface area (Å²) >= 11 is 0. The monoisotopic (exact) mass is 467 g/mol. The molecule has 3 heterocycles. The normalized spacial score (nSPS) is 15.5. The Morgan fingerprint density at radius 2 is 1.74 bits per heavy atom. The maximum Gasteiger partial charge on any atom is 0.321 e. The van der Waals surface area contributed by atoms with Gasteiger partial charge in [0.25, 0.3) is 5.91 Å². The van der Waals surface area contributed by atoms with Crippen LogP contribution in [-0.4, -0.2) is 43.8 Å². The highest BCUT2D eigenvalue weighted by Crippen LogP contribution is 2.34. The van der Waals surface area contributed by atoms with Crippen LogP contribution in [-0.2, 0) is 0 Å². The van der Waals surface area contributed by atoms with Crippen LogP contribution in [0.1, 0.15) is 40.4 Å². The van der Waals surface area contributed by atoms with Crippen LogP contribution in [0.5, 0.6) is 23.4 Å². The first-order chi connectivity index (χ1) is 17.2. The number of aryl methyl sites for hydroxylation is 1. The predicted octanol–water partition coefficient (Wildman–Crippen LogP) is 5.18. The maximum atomic E-state index is 13.4. The lowest BCUT2D eigenvalue weighted by atomic mass is 9.94. The molecule has 1 fully saturated rings. The van der Waals surface area contributed by atoms with Crippen LogP contribution in [0.2, 0.25) is 0 Å². The molecule has 2 aromatic carbocycles. The number of hydrogen-bond acceptors (Lipinski definition) is 7. The number of hydrogen-bond donors (Lipinski definition) is 0. The molecular weight excluding hydrogens is 442 g/mol. The van der Waals surface area contributed by atoms with Gasteiger partial charge in [-0.1, -0.05) is 24.3 Å². The number of aromatic nitrogens is 4. The fraction of sp³-hybridized carbons (Fsp3) is 0.222. The van der Waals surface area contributed by atoms with E-state index >= 15 is 0 Å². The van der Waals surface area contributed by atoms with Crippen LogP contribution >= 0.6 is 0 Å². The van der Waals surface area contributed by atoms with E-state index in [0.717, 1.165) is 29.8 Å². The summed E-state index contributed by atoms with van der Waals surface area (Å²) in [6, 6.07) is 16.8. The number of likely N-dealkylation sites (tertiary alicyclic amines) is 1. The molecule has 8 heteroatoms. The Kier molecular flexibility index (Phi) is 6.61. The molecule has 2 aromatic heterocycles. The standard InChI is InChI=1S/C27H25N5O3/c1-19-7-2-3-11-23(19)35-25-24(28-14-15-29-25)21-9-5-16-32(18-21)26(33)20-8-4-10-22(17-20)34-27-30-12-6-13-31-27/h2-4,6-8,10-15,17,21H,5,9,16,18H2,1H3/t21-/m0/s1. The fourth-order valence-electron chi connectivity index (χ4n) is 4.17. The molecule has 1 saturated heterocycles. The highest BCUT2D eigenvalue weighted by atomic mass is 16.5. The summed E-state index contributed by atoms with van der Waals surface area (Å²) in [5.41, 5.74) is 2.34. The number of piperidine rings is 1. The van der Waals surface area contributed by atoms with E-state index in [-0.39, 0.29) is 17.8 Å². The lowest BCUT2D eigenvalue weighted by Crippen LogP contribution is -2.39. The van der Waals surface area contributed by atoms with Gasteiger partial charge >= 0.3 is 6.01 Å². The first-order valence-corrected chi connectivity index (χ1v) is 11.6. The van der Waals surface area contributed by atoms with Crippen LogP contribution in [0.3, 0.4) is 0 Å². The number of ether oxygens (including phenoxy) is 2. The average molecular weight is 468 g/mol. The average Bonchev–Trinajstić information content (AvgIpc) is 2.91. The van der Waals surface area contributed by atoms with Crippen LogP contribution in [0, 0.1) is 6.92 Å². The first kappa shape index (κ1) is 22.5. The van der Waals surface area contributed by atoms with Gasteiger partial charge < -0.3 is 14.4 Å². The van der Waals surface area contributed by atoms with E-state index in [4.69, 9.17) is 9.47 Å². The van der Waals surface area contributed by atoms with Crippen LogP contribution in [0.15, 0.2) is 79.4 Å². The van der Waals surface area contributed by atoms with Gasteiger partial charge in [0.15, 0.2) is 0 Å². The van der Waals surface area contributed by atoms with Crippen molar-refractivity contribution in [2.45, 2.75) is 25.7 Å². The van der Waals surface area contributed by atoms with Crippen LogP contribution in [0.4, 0.5) is 0 Å². The highest BCUT2D eigenvalue weighted by Gasteiger charge is 2.29. The van der Waals surface area contributed by atoms with E-state index in [2.05, 4.69) is 19.9 Å². The summed E-state index contributed by atoms with van der Waals surface area (Å²) in [6.45, 7) is 3.21. The van der Waals surface area contributed by atoms with Crippen molar-refractivity contribution >= 4 is 5.91 Å². The molecule has 0 spiro atoms. The lowest BCUT2D eigenvalue weighted by Gasteiger charge is -2.33. The molecule has 4 aromatic rings. The van der Waals surface area contributed by atoms with Gasteiger partial charge in [-0.3, -0.25) is 9.78 Å². The maximum absolute atomic E-state index is 13.4. The van der Waals surface area contributed by atoms with Gasteiger partial charge in [-0.05, 0) is 55.7 Å². The number of nitrogens with zero attached hydrogens (tertiary/aromatic N) is 5. The third-order valence-electron chi connectivity index (χ3n) is 5.92. The molecule has 1 atom stereocenters. The van der Waals surface area contributed by atoms with Crippen molar-refractivity contribution in [1.29, 1.82) is 0 Å². The van der Waals surface area contributed by atoms with E-state index < -0.39 is 0 Å². The van der Waals surface area contributed by atoms with Crippen molar-refractivity contribution in [3.8, 4) is 23.4 Å². The second-order valence-corrected chi connectivity index (χ2v) is 8.37. The van der Waals surface area contributed by atoms with Gasteiger partial charge in [-0.2, -0.15) is 0 Å². The zero-order valence-corrected chi connectivity index (χ0v) is 19.4. The molecule has 0 saturated carbocycles. The molecular formula is C27H25N5O3. The largest absolute Gasteiger partial charge is 0.437 e. The second-order valence-electron chi connectivity index (χ2n) is 8.37. The number of benzene rings is 2. The third-order valence-corrected chi connectivity index (χ3v) is 5.92. The Morgan fingerprint density at radius 1 is 0.914 bits per heavy atom. The predicted molar refractivity (Wildman–Crippen MR) is 130 cm³/mol. The lowest BCUT2D eigenvalue weighted by molar-refractivity contribution is 0.0704. The Morgan fingerprint density at radius 3 is 2.60 bits per heavy atom. The zero-order chi connectivity index (χ0) is 24.0. The Labute approximate surface area is 203 Å². The summed E-state index contributed by atoms with van der Waals surface area (Å²) in [5, 5.41) is 0. The highest BCUT2D eigenvalue weighted by molar-refractivity contribution is 5.94. The molecule has 5 rings (SSSR count). The summed E-state index contributed by atoms with van der Waals surface area (Å²) in [7, 11) is 0. The van der Waals surface area contributed by atoms with Gasteiger partial charge in [-0.25, -0.2) is 15.0 Å². The van der Waals surface area contributed by atoms with Crippen molar-refractivity contribution in [2.75, 3.05) is 13.1 Å². The summed E-state index contributed by atoms with van der Waals surface area (Å²) in [4.78, 5) is 32.4. The second kappa shape index (κ2) is 10.3. The molecule has 0 bridgehead atoms. The van der Waals surface area contributed by atoms with Crippen molar-refractivity contribution in [3.63, 3.8) is 0 Å².